The fourth-order valence-electron chi connectivity index (χ4n) is 10.2. The summed E-state index contributed by atoms with van der Waals surface area (Å²) >= 11 is 0. The van der Waals surface area contributed by atoms with Crippen molar-refractivity contribution in [3.63, 3.8) is 0 Å². The maximum absolute atomic E-state index is 14.4. The van der Waals surface area contributed by atoms with Crippen molar-refractivity contribution in [1.82, 2.24) is 0 Å². The molecule has 258 valence electrons. The standard InChI is InChI=1S/C44H58O4/c1-44(29-39(45)18-10-13-31-11-4-2-5-12-31,43(48)36-25-19-33(20-26-36)32-14-6-3-7-15-32)30-42(47)35-23-21-34(22-24-35)40-27-37-16-8-9-17-38(37)28-41(40)46/h2,4-5,8-9,11-12,16-17,32-36,40H,3,6-7,10,13-15,18-30H2,1H3. The summed E-state index contributed by atoms with van der Waals surface area (Å²) in [5.41, 5.74) is 2.77. The Hall–Kier alpha value is -2.88. The molecule has 0 N–H and O–H groups in total. The molecule has 2 aromatic carbocycles. The average molecular weight is 651 g/mol. The molecular formula is C44H58O4. The highest BCUT2D eigenvalue weighted by Gasteiger charge is 2.44. The third kappa shape index (κ3) is 8.64. The summed E-state index contributed by atoms with van der Waals surface area (Å²) in [7, 11) is 0. The molecule has 3 fully saturated rings. The van der Waals surface area contributed by atoms with E-state index in [-0.39, 0.29) is 47.9 Å². The van der Waals surface area contributed by atoms with E-state index in [0.29, 0.717) is 24.5 Å². The summed E-state index contributed by atoms with van der Waals surface area (Å²) in [6.07, 6.45) is 17.9. The first-order chi connectivity index (χ1) is 23.3. The molecule has 4 aliphatic carbocycles. The molecule has 6 rings (SSSR count). The van der Waals surface area contributed by atoms with Gasteiger partial charge in [0.15, 0.2) is 0 Å². The minimum atomic E-state index is -0.927. The fraction of sp³-hybridized carbons (Fsp3) is 0.636. The number of carbonyl (C=O) groups is 4. The van der Waals surface area contributed by atoms with Gasteiger partial charge in [-0.25, -0.2) is 0 Å². The van der Waals surface area contributed by atoms with Gasteiger partial charge in [0.2, 0.25) is 0 Å². The first-order valence-electron chi connectivity index (χ1n) is 19.5. The molecule has 4 nitrogen and oxygen atoms in total. The normalized spacial score (nSPS) is 27.9. The number of hydrogen-bond acceptors (Lipinski definition) is 4. The van der Waals surface area contributed by atoms with Crippen molar-refractivity contribution >= 4 is 23.1 Å². The zero-order valence-electron chi connectivity index (χ0n) is 29.4. The van der Waals surface area contributed by atoms with E-state index in [1.54, 1.807) is 0 Å². The first-order valence-corrected chi connectivity index (χ1v) is 19.5. The second kappa shape index (κ2) is 16.2. The van der Waals surface area contributed by atoms with E-state index >= 15 is 0 Å². The number of fused-ring (bicyclic) bond motifs is 1. The van der Waals surface area contributed by atoms with Crippen LogP contribution in [0.3, 0.4) is 0 Å². The lowest BCUT2D eigenvalue weighted by Crippen LogP contribution is -2.41. The monoisotopic (exact) mass is 650 g/mol. The van der Waals surface area contributed by atoms with Crippen LogP contribution in [0.25, 0.3) is 0 Å². The van der Waals surface area contributed by atoms with Crippen molar-refractivity contribution in [3.05, 3.63) is 71.3 Å². The third-order valence-corrected chi connectivity index (χ3v) is 13.1. The number of ketones is 4. The van der Waals surface area contributed by atoms with Crippen LogP contribution >= 0.6 is 0 Å². The predicted molar refractivity (Wildman–Crippen MR) is 192 cm³/mol. The van der Waals surface area contributed by atoms with Gasteiger partial charge in [-0.3, -0.25) is 19.2 Å². The molecule has 2 aromatic rings. The summed E-state index contributed by atoms with van der Waals surface area (Å²) in [5, 5.41) is 0. The van der Waals surface area contributed by atoms with Gasteiger partial charge in [-0.05, 0) is 105 Å². The van der Waals surface area contributed by atoms with Gasteiger partial charge in [0.25, 0.3) is 0 Å². The van der Waals surface area contributed by atoms with E-state index in [1.807, 2.05) is 31.2 Å². The average Bonchev–Trinajstić information content (AvgIpc) is 3.12. The molecule has 0 aromatic heterocycles. The molecule has 0 radical (unpaired) electrons. The van der Waals surface area contributed by atoms with Crippen molar-refractivity contribution in [1.29, 1.82) is 0 Å². The lowest BCUT2D eigenvalue weighted by atomic mass is 9.64. The van der Waals surface area contributed by atoms with E-state index in [1.165, 1.54) is 48.8 Å². The Morgan fingerprint density at radius 1 is 0.667 bits per heavy atom. The summed E-state index contributed by atoms with van der Waals surface area (Å²) < 4.78 is 0. The zero-order valence-corrected chi connectivity index (χ0v) is 29.4. The van der Waals surface area contributed by atoms with Crippen LogP contribution in [0.15, 0.2) is 54.6 Å². The van der Waals surface area contributed by atoms with E-state index in [9.17, 15) is 19.2 Å². The number of aryl methyl sites for hydroxylation is 1. The molecule has 48 heavy (non-hydrogen) atoms. The van der Waals surface area contributed by atoms with Gasteiger partial charge >= 0.3 is 0 Å². The highest BCUT2D eigenvalue weighted by atomic mass is 16.1. The van der Waals surface area contributed by atoms with Crippen LogP contribution in [0.5, 0.6) is 0 Å². The molecule has 4 heteroatoms. The van der Waals surface area contributed by atoms with Crippen LogP contribution in [0.4, 0.5) is 0 Å². The Morgan fingerprint density at radius 3 is 1.98 bits per heavy atom. The third-order valence-electron chi connectivity index (χ3n) is 13.1. The smallest absolute Gasteiger partial charge is 0.142 e. The molecule has 3 saturated carbocycles. The van der Waals surface area contributed by atoms with Crippen molar-refractivity contribution in [2.75, 3.05) is 0 Å². The Kier molecular flexibility index (Phi) is 11.8. The Bertz CT molecular complexity index is 1400. The molecule has 4 aliphatic rings. The molecule has 0 amide bonds. The maximum atomic E-state index is 14.4. The van der Waals surface area contributed by atoms with Gasteiger partial charge in [-0.1, -0.05) is 93.6 Å². The maximum Gasteiger partial charge on any atom is 0.142 e. The molecule has 2 unspecified atom stereocenters. The van der Waals surface area contributed by atoms with Crippen molar-refractivity contribution < 1.29 is 19.2 Å². The lowest BCUT2D eigenvalue weighted by Gasteiger charge is -2.39. The molecule has 0 saturated heterocycles. The van der Waals surface area contributed by atoms with Gasteiger partial charge in [0.05, 0.1) is 0 Å². The van der Waals surface area contributed by atoms with E-state index in [4.69, 9.17) is 0 Å². The van der Waals surface area contributed by atoms with Crippen LogP contribution in [0.2, 0.25) is 0 Å². The number of Topliss-reactive ketones (excluding diaryl/α,β-unsaturated/α-hetero) is 4. The number of benzene rings is 2. The Balaban J connectivity index is 1.07. The van der Waals surface area contributed by atoms with Crippen molar-refractivity contribution in [2.24, 2.45) is 40.9 Å². The molecule has 2 atom stereocenters. The molecule has 0 spiro atoms. The van der Waals surface area contributed by atoms with E-state index in [0.717, 1.165) is 82.5 Å². The summed E-state index contributed by atoms with van der Waals surface area (Å²) in [5.74, 6) is 2.64. The SMILES string of the molecule is CC(CC(=O)CCCc1ccccc1)(CC(=O)C1CCC(C2Cc3ccccc3CC2=O)CC1)C(=O)C1CCC(C2CCCCC2)CC1. The van der Waals surface area contributed by atoms with Gasteiger partial charge < -0.3 is 0 Å². The molecular weight excluding hydrogens is 592 g/mol. The van der Waals surface area contributed by atoms with Gasteiger partial charge in [-0.15, -0.1) is 0 Å². The Labute approximate surface area is 289 Å². The second-order valence-corrected chi connectivity index (χ2v) is 16.5. The summed E-state index contributed by atoms with van der Waals surface area (Å²) in [6.45, 7) is 1.94. The number of carbonyl (C=O) groups excluding carboxylic acids is 4. The largest absolute Gasteiger partial charge is 0.300 e. The van der Waals surface area contributed by atoms with Gasteiger partial charge in [0.1, 0.15) is 23.1 Å². The highest BCUT2D eigenvalue weighted by Crippen LogP contribution is 2.45. The summed E-state index contributed by atoms with van der Waals surface area (Å²) in [4.78, 5) is 55.0. The molecule has 0 heterocycles. The second-order valence-electron chi connectivity index (χ2n) is 16.5. The topological polar surface area (TPSA) is 68.3 Å². The summed E-state index contributed by atoms with van der Waals surface area (Å²) in [6, 6.07) is 18.6. The van der Waals surface area contributed by atoms with Crippen molar-refractivity contribution in [3.8, 4) is 0 Å². The van der Waals surface area contributed by atoms with Gasteiger partial charge in [0, 0.05) is 48.9 Å². The molecule has 0 aliphatic heterocycles. The Morgan fingerprint density at radius 2 is 1.27 bits per heavy atom. The van der Waals surface area contributed by atoms with Gasteiger partial charge in [-0.2, -0.15) is 0 Å². The van der Waals surface area contributed by atoms with Crippen LogP contribution in [0, 0.1) is 40.9 Å². The quantitative estimate of drug-likeness (QED) is 0.216. The van der Waals surface area contributed by atoms with E-state index < -0.39 is 5.41 Å². The highest BCUT2D eigenvalue weighted by molar-refractivity contribution is 5.96. The van der Waals surface area contributed by atoms with Crippen LogP contribution in [-0.2, 0) is 38.4 Å². The van der Waals surface area contributed by atoms with Crippen LogP contribution in [0.1, 0.15) is 133 Å². The van der Waals surface area contributed by atoms with E-state index in [2.05, 4.69) is 30.3 Å². The number of hydrogen-bond donors (Lipinski definition) is 0. The number of rotatable bonds is 13. The fourth-order valence-corrected chi connectivity index (χ4v) is 10.2. The van der Waals surface area contributed by atoms with Crippen molar-refractivity contribution in [2.45, 2.75) is 135 Å². The van der Waals surface area contributed by atoms with Crippen LogP contribution < -0.4 is 0 Å². The zero-order chi connectivity index (χ0) is 33.5. The lowest BCUT2D eigenvalue weighted by molar-refractivity contribution is -0.142. The van der Waals surface area contributed by atoms with Crippen LogP contribution in [-0.4, -0.2) is 23.1 Å². The minimum absolute atomic E-state index is 0.0318. The minimum Gasteiger partial charge on any atom is -0.300 e. The first kappa shape index (κ1) is 35.0. The molecule has 0 bridgehead atoms. The predicted octanol–water partition coefficient (Wildman–Crippen LogP) is 9.68.